The number of nitrogens with one attached hydrogen (secondary N) is 1. The molecule has 3 unspecified atom stereocenters. The van der Waals surface area contributed by atoms with Gasteiger partial charge in [0.15, 0.2) is 5.78 Å². The summed E-state index contributed by atoms with van der Waals surface area (Å²) >= 11 is 0. The summed E-state index contributed by atoms with van der Waals surface area (Å²) < 4.78 is 5.83. The van der Waals surface area contributed by atoms with E-state index in [1.54, 1.807) is 6.92 Å². The first-order chi connectivity index (χ1) is 9.67. The molecule has 0 heterocycles. The van der Waals surface area contributed by atoms with Crippen LogP contribution in [0.5, 0.6) is 0 Å². The normalized spacial score (nSPS) is 17.3. The molecule has 0 aliphatic carbocycles. The predicted octanol–water partition coefficient (Wildman–Crippen LogP) is 3.28. The van der Waals surface area contributed by atoms with Gasteiger partial charge in [-0.2, -0.15) is 0 Å². The third kappa shape index (κ3) is 6.70. The molecule has 124 valence electrons. The molecule has 0 saturated heterocycles. The first kappa shape index (κ1) is 20.3. The van der Waals surface area contributed by atoms with E-state index in [0.29, 0.717) is 6.42 Å². The molecule has 0 rings (SSSR count). The third-order valence-electron chi connectivity index (χ3n) is 3.94. The van der Waals surface area contributed by atoms with Crippen LogP contribution in [0.1, 0.15) is 74.1 Å². The van der Waals surface area contributed by atoms with Crippen molar-refractivity contribution in [2.45, 2.75) is 97.9 Å². The molecule has 4 nitrogen and oxygen atoms in total. The van der Waals surface area contributed by atoms with Gasteiger partial charge in [-0.15, -0.1) is 0 Å². The van der Waals surface area contributed by atoms with Crippen molar-refractivity contribution in [1.82, 2.24) is 5.32 Å². The molecule has 4 heteroatoms. The van der Waals surface area contributed by atoms with Gasteiger partial charge in [-0.3, -0.25) is 14.9 Å². The van der Waals surface area contributed by atoms with Crippen LogP contribution in [0.3, 0.4) is 0 Å². The molecule has 0 bridgehead atoms. The molecule has 0 amide bonds. The molecule has 21 heavy (non-hydrogen) atoms. The van der Waals surface area contributed by atoms with Crippen LogP contribution >= 0.6 is 0 Å². The summed E-state index contributed by atoms with van der Waals surface area (Å²) in [6.07, 6.45) is 2.98. The number of Topliss-reactive ketones (excluding diaryl/α,β-unsaturated/α-hetero) is 2. The average Bonchev–Trinajstić information content (AvgIpc) is 2.41. The Morgan fingerprint density at radius 1 is 1.19 bits per heavy atom. The minimum Gasteiger partial charge on any atom is -0.368 e. The predicted molar refractivity (Wildman–Crippen MR) is 86.5 cm³/mol. The molecule has 0 aliphatic rings. The summed E-state index contributed by atoms with van der Waals surface area (Å²) in [6.45, 7) is 13.2. The van der Waals surface area contributed by atoms with Crippen molar-refractivity contribution in [3.63, 3.8) is 0 Å². The number of rotatable bonds is 11. The Kier molecular flexibility index (Phi) is 8.98. The van der Waals surface area contributed by atoms with Crippen LogP contribution in [-0.4, -0.2) is 35.4 Å². The van der Waals surface area contributed by atoms with Gasteiger partial charge in [0.05, 0.1) is 17.7 Å². The van der Waals surface area contributed by atoms with E-state index in [-0.39, 0.29) is 23.7 Å². The summed E-state index contributed by atoms with van der Waals surface area (Å²) in [7, 11) is 0. The van der Waals surface area contributed by atoms with E-state index >= 15 is 0 Å². The van der Waals surface area contributed by atoms with Crippen LogP contribution in [-0.2, 0) is 14.3 Å². The van der Waals surface area contributed by atoms with Gasteiger partial charge in [-0.05, 0) is 47.5 Å². The number of unbranched alkanes of at least 4 members (excludes halogenated alkanes) is 1. The van der Waals surface area contributed by atoms with Crippen LogP contribution in [0.25, 0.3) is 0 Å². The number of carbonyl (C=O) groups excluding carboxylic acids is 2. The van der Waals surface area contributed by atoms with Gasteiger partial charge in [0.2, 0.25) is 0 Å². The molecule has 0 fully saturated rings. The highest BCUT2D eigenvalue weighted by molar-refractivity contribution is 5.93. The third-order valence-corrected chi connectivity index (χ3v) is 3.94. The molecule has 0 radical (unpaired) electrons. The zero-order chi connectivity index (χ0) is 16.6. The van der Waals surface area contributed by atoms with Gasteiger partial charge in [-0.25, -0.2) is 0 Å². The lowest BCUT2D eigenvalue weighted by Gasteiger charge is -2.34. The monoisotopic (exact) mass is 299 g/mol. The number of carbonyl (C=O) groups is 2. The van der Waals surface area contributed by atoms with Crippen molar-refractivity contribution in [3.05, 3.63) is 0 Å². The minimum atomic E-state index is -0.724. The highest BCUT2D eigenvalue weighted by Crippen LogP contribution is 2.20. The summed E-state index contributed by atoms with van der Waals surface area (Å²) in [6, 6.07) is -0.329. The average molecular weight is 299 g/mol. The Labute approximate surface area is 130 Å². The van der Waals surface area contributed by atoms with Crippen molar-refractivity contribution in [1.29, 1.82) is 0 Å². The fourth-order valence-corrected chi connectivity index (χ4v) is 2.26. The van der Waals surface area contributed by atoms with E-state index in [9.17, 15) is 9.59 Å². The lowest BCUT2D eigenvalue weighted by molar-refractivity contribution is -0.141. The Morgan fingerprint density at radius 2 is 1.76 bits per heavy atom. The second kappa shape index (κ2) is 9.31. The molecule has 1 N–H and O–H groups in total. The van der Waals surface area contributed by atoms with Gasteiger partial charge < -0.3 is 4.74 Å². The van der Waals surface area contributed by atoms with Crippen molar-refractivity contribution in [2.75, 3.05) is 0 Å². The van der Waals surface area contributed by atoms with Gasteiger partial charge in [0, 0.05) is 0 Å². The second-order valence-electron chi connectivity index (χ2n) is 6.34. The number of ketones is 2. The molecule has 0 aliphatic heterocycles. The summed E-state index contributed by atoms with van der Waals surface area (Å²) in [5.41, 5.74) is -0.724. The fourth-order valence-electron chi connectivity index (χ4n) is 2.26. The lowest BCUT2D eigenvalue weighted by atomic mass is 9.87. The number of ether oxygens (including phenoxy) is 1. The molecule has 3 atom stereocenters. The van der Waals surface area contributed by atoms with Crippen LogP contribution in [0, 0.1) is 0 Å². The molecule has 0 aromatic rings. The van der Waals surface area contributed by atoms with Gasteiger partial charge >= 0.3 is 0 Å². The second-order valence-corrected chi connectivity index (χ2v) is 6.34. The molecular weight excluding hydrogens is 266 g/mol. The maximum atomic E-state index is 12.9. The molecule has 0 spiro atoms. The Hall–Kier alpha value is -0.740. The van der Waals surface area contributed by atoms with Crippen molar-refractivity contribution >= 4 is 11.6 Å². The zero-order valence-electron chi connectivity index (χ0n) is 14.8. The first-order valence-electron chi connectivity index (χ1n) is 8.15. The van der Waals surface area contributed by atoms with Gasteiger partial charge in [-0.1, -0.05) is 26.7 Å². The SMILES string of the molecule is CCCCC(OC(C)C)C(=O)C(C)(CC)NC(C)C(C)=O. The van der Waals surface area contributed by atoms with Crippen molar-refractivity contribution in [2.24, 2.45) is 0 Å². The number of hydrogen-bond donors (Lipinski definition) is 1. The van der Waals surface area contributed by atoms with E-state index in [1.807, 2.05) is 27.7 Å². The highest BCUT2D eigenvalue weighted by atomic mass is 16.5. The van der Waals surface area contributed by atoms with E-state index < -0.39 is 11.6 Å². The summed E-state index contributed by atoms with van der Waals surface area (Å²) in [4.78, 5) is 24.4. The minimum absolute atomic E-state index is 0.0159. The van der Waals surface area contributed by atoms with E-state index in [2.05, 4.69) is 12.2 Å². The highest BCUT2D eigenvalue weighted by Gasteiger charge is 2.38. The summed E-state index contributed by atoms with van der Waals surface area (Å²) in [5.74, 6) is 0.0950. The Bertz CT molecular complexity index is 341. The number of hydrogen-bond acceptors (Lipinski definition) is 4. The van der Waals surface area contributed by atoms with Crippen LogP contribution in [0.15, 0.2) is 0 Å². The smallest absolute Gasteiger partial charge is 0.181 e. The van der Waals surface area contributed by atoms with Crippen molar-refractivity contribution in [3.8, 4) is 0 Å². The van der Waals surface area contributed by atoms with Crippen molar-refractivity contribution < 1.29 is 14.3 Å². The quantitative estimate of drug-likeness (QED) is 0.636. The maximum absolute atomic E-state index is 12.9. The van der Waals surface area contributed by atoms with Crippen LogP contribution < -0.4 is 5.32 Å². The zero-order valence-corrected chi connectivity index (χ0v) is 14.8. The Balaban J connectivity index is 5.08. The van der Waals surface area contributed by atoms with Gasteiger partial charge in [0.25, 0.3) is 0 Å². The molecule has 0 saturated carbocycles. The van der Waals surface area contributed by atoms with Crippen LogP contribution in [0.4, 0.5) is 0 Å². The van der Waals surface area contributed by atoms with E-state index in [1.165, 1.54) is 6.92 Å². The van der Waals surface area contributed by atoms with E-state index in [4.69, 9.17) is 4.74 Å². The van der Waals surface area contributed by atoms with Gasteiger partial charge in [0.1, 0.15) is 11.9 Å². The largest absolute Gasteiger partial charge is 0.368 e. The topological polar surface area (TPSA) is 55.4 Å². The molecule has 0 aromatic heterocycles. The first-order valence-corrected chi connectivity index (χ1v) is 8.15. The molecular formula is C17H33NO3. The van der Waals surface area contributed by atoms with E-state index in [0.717, 1.165) is 19.3 Å². The lowest BCUT2D eigenvalue weighted by Crippen LogP contribution is -2.58. The van der Waals surface area contributed by atoms with Crippen LogP contribution in [0.2, 0.25) is 0 Å². The Morgan fingerprint density at radius 3 is 2.14 bits per heavy atom. The standard InChI is InChI=1S/C17H33NO3/c1-8-10-11-15(21-12(3)4)16(20)17(7,9-2)18-13(5)14(6)19/h12-13,15,18H,8-11H2,1-7H3. The summed E-state index contributed by atoms with van der Waals surface area (Å²) in [5, 5.41) is 3.19. The molecule has 0 aromatic carbocycles. The maximum Gasteiger partial charge on any atom is 0.181 e. The fraction of sp³-hybridized carbons (Fsp3) is 0.882.